The molecule has 0 N–H and O–H groups in total. The molecule has 0 saturated heterocycles. The molecule has 3 aromatic rings. The molecule has 28 heavy (non-hydrogen) atoms. The number of rotatable bonds is 8. The largest absolute Gasteiger partial charge is 0.497 e. The van der Waals surface area contributed by atoms with Crippen molar-refractivity contribution in [1.82, 2.24) is 0 Å². The summed E-state index contributed by atoms with van der Waals surface area (Å²) in [5.41, 5.74) is 0.425. The molecule has 0 bridgehead atoms. The predicted molar refractivity (Wildman–Crippen MR) is 102 cm³/mol. The van der Waals surface area contributed by atoms with Gasteiger partial charge in [0.2, 0.25) is 0 Å². The standard InChI is InChI=1S/C21H20O7/c1-24-15-3-5-16(6-4-15)26-10-9-20(22)27-13-14-11-21(23)28-19-12-17(25-2)7-8-18(14)19/h3-8,11-12H,9-10,13H2,1-2H3. The Kier molecular flexibility index (Phi) is 6.16. The number of esters is 1. The molecule has 0 fully saturated rings. The highest BCUT2D eigenvalue weighted by atomic mass is 16.5. The number of methoxy groups -OCH3 is 2. The van der Waals surface area contributed by atoms with Gasteiger partial charge in [-0.1, -0.05) is 0 Å². The van der Waals surface area contributed by atoms with Gasteiger partial charge in [0.15, 0.2) is 0 Å². The van der Waals surface area contributed by atoms with Crippen LogP contribution in [-0.2, 0) is 16.1 Å². The van der Waals surface area contributed by atoms with Crippen molar-refractivity contribution in [3.05, 3.63) is 64.5 Å². The minimum atomic E-state index is -0.519. The Morgan fingerprint density at radius 1 is 0.929 bits per heavy atom. The Labute approximate surface area is 161 Å². The van der Waals surface area contributed by atoms with Crippen LogP contribution >= 0.6 is 0 Å². The maximum Gasteiger partial charge on any atom is 0.336 e. The molecule has 0 saturated carbocycles. The molecule has 0 spiro atoms. The van der Waals surface area contributed by atoms with Gasteiger partial charge in [0.1, 0.15) is 29.4 Å². The summed E-state index contributed by atoms with van der Waals surface area (Å²) < 4.78 is 26.2. The van der Waals surface area contributed by atoms with Crippen molar-refractivity contribution in [2.45, 2.75) is 13.0 Å². The molecule has 7 nitrogen and oxygen atoms in total. The molecule has 2 aromatic carbocycles. The van der Waals surface area contributed by atoms with E-state index in [4.69, 9.17) is 23.4 Å². The highest BCUT2D eigenvalue weighted by Crippen LogP contribution is 2.23. The van der Waals surface area contributed by atoms with Gasteiger partial charge in [-0.3, -0.25) is 4.79 Å². The van der Waals surface area contributed by atoms with Crippen LogP contribution < -0.4 is 19.8 Å². The molecule has 0 atom stereocenters. The van der Waals surface area contributed by atoms with E-state index in [9.17, 15) is 9.59 Å². The van der Waals surface area contributed by atoms with E-state index in [1.807, 2.05) is 0 Å². The van der Waals surface area contributed by atoms with Crippen molar-refractivity contribution >= 4 is 16.9 Å². The molecule has 0 aliphatic carbocycles. The highest BCUT2D eigenvalue weighted by molar-refractivity contribution is 5.81. The summed E-state index contributed by atoms with van der Waals surface area (Å²) in [5.74, 6) is 1.50. The van der Waals surface area contributed by atoms with Crippen LogP contribution in [-0.4, -0.2) is 26.8 Å². The minimum absolute atomic E-state index is 0.0319. The van der Waals surface area contributed by atoms with Crippen LogP contribution in [0.2, 0.25) is 0 Å². The van der Waals surface area contributed by atoms with Crippen LogP contribution in [0.3, 0.4) is 0 Å². The summed E-state index contributed by atoms with van der Waals surface area (Å²) >= 11 is 0. The summed E-state index contributed by atoms with van der Waals surface area (Å²) in [4.78, 5) is 23.7. The number of hydrogen-bond donors (Lipinski definition) is 0. The van der Waals surface area contributed by atoms with Gasteiger partial charge in [-0.2, -0.15) is 0 Å². The molecule has 0 amide bonds. The molecule has 1 aromatic heterocycles. The van der Waals surface area contributed by atoms with Gasteiger partial charge in [-0.15, -0.1) is 0 Å². The van der Waals surface area contributed by atoms with E-state index in [1.165, 1.54) is 13.2 Å². The SMILES string of the molecule is COc1ccc(OCCC(=O)OCc2cc(=O)oc3cc(OC)ccc23)cc1. The second-order valence-corrected chi connectivity index (χ2v) is 5.89. The van der Waals surface area contributed by atoms with Crippen molar-refractivity contribution in [3.63, 3.8) is 0 Å². The van der Waals surface area contributed by atoms with Crippen molar-refractivity contribution in [2.75, 3.05) is 20.8 Å². The third-order valence-corrected chi connectivity index (χ3v) is 4.06. The van der Waals surface area contributed by atoms with Crippen molar-refractivity contribution < 1.29 is 28.2 Å². The van der Waals surface area contributed by atoms with E-state index in [0.29, 0.717) is 28.0 Å². The van der Waals surface area contributed by atoms with Crippen LogP contribution in [0, 0.1) is 0 Å². The number of carbonyl (C=O) groups excluding carboxylic acids is 1. The molecule has 0 unspecified atom stereocenters. The number of hydrogen-bond acceptors (Lipinski definition) is 7. The lowest BCUT2D eigenvalue weighted by Crippen LogP contribution is -2.11. The fraction of sp³-hybridized carbons (Fsp3) is 0.238. The van der Waals surface area contributed by atoms with E-state index in [2.05, 4.69) is 0 Å². The van der Waals surface area contributed by atoms with E-state index < -0.39 is 11.6 Å². The lowest BCUT2D eigenvalue weighted by Gasteiger charge is -2.09. The van der Waals surface area contributed by atoms with E-state index in [1.54, 1.807) is 49.6 Å². The van der Waals surface area contributed by atoms with Crippen molar-refractivity contribution in [2.24, 2.45) is 0 Å². The summed E-state index contributed by atoms with van der Waals surface area (Å²) in [7, 11) is 3.11. The van der Waals surface area contributed by atoms with Gasteiger partial charge in [-0.25, -0.2) is 4.79 Å². The molecule has 1 heterocycles. The van der Waals surface area contributed by atoms with Gasteiger partial charge >= 0.3 is 11.6 Å². The third-order valence-electron chi connectivity index (χ3n) is 4.06. The van der Waals surface area contributed by atoms with E-state index in [-0.39, 0.29) is 19.6 Å². The molecule has 0 aliphatic rings. The van der Waals surface area contributed by atoms with E-state index >= 15 is 0 Å². The first-order valence-corrected chi connectivity index (χ1v) is 8.62. The Bertz CT molecular complexity index is 1010. The normalized spacial score (nSPS) is 10.5. The third kappa shape index (κ3) is 4.82. The Hall–Kier alpha value is -3.48. The first-order valence-electron chi connectivity index (χ1n) is 8.62. The fourth-order valence-corrected chi connectivity index (χ4v) is 2.61. The predicted octanol–water partition coefficient (Wildman–Crippen LogP) is 3.32. The van der Waals surface area contributed by atoms with Gasteiger partial charge in [0, 0.05) is 23.1 Å². The fourth-order valence-electron chi connectivity index (χ4n) is 2.61. The maximum absolute atomic E-state index is 12.0. The molecular weight excluding hydrogens is 364 g/mol. The lowest BCUT2D eigenvalue weighted by molar-refractivity contribution is -0.145. The van der Waals surface area contributed by atoms with Crippen LogP contribution in [0.15, 0.2) is 57.7 Å². The van der Waals surface area contributed by atoms with Gasteiger partial charge in [0.25, 0.3) is 0 Å². The second-order valence-electron chi connectivity index (χ2n) is 5.89. The van der Waals surface area contributed by atoms with Crippen molar-refractivity contribution in [3.8, 4) is 17.2 Å². The first-order chi connectivity index (χ1) is 13.6. The Morgan fingerprint density at radius 2 is 1.61 bits per heavy atom. The number of ether oxygens (including phenoxy) is 4. The minimum Gasteiger partial charge on any atom is -0.497 e. The van der Waals surface area contributed by atoms with Crippen LogP contribution in [0.1, 0.15) is 12.0 Å². The summed E-state index contributed by atoms with van der Waals surface area (Å²) in [6, 6.07) is 13.5. The number of benzene rings is 2. The zero-order chi connectivity index (χ0) is 19.9. The van der Waals surface area contributed by atoms with Crippen LogP contribution in [0.4, 0.5) is 0 Å². The molecule has 146 valence electrons. The molecule has 7 heteroatoms. The first kappa shape index (κ1) is 19.3. The average Bonchev–Trinajstić information content (AvgIpc) is 2.71. The van der Waals surface area contributed by atoms with E-state index in [0.717, 1.165) is 5.75 Å². The lowest BCUT2D eigenvalue weighted by atomic mass is 10.1. The Morgan fingerprint density at radius 3 is 2.32 bits per heavy atom. The van der Waals surface area contributed by atoms with Gasteiger partial charge in [0.05, 0.1) is 27.2 Å². The summed E-state index contributed by atoms with van der Waals surface area (Å²) in [6.45, 7) is 0.149. The van der Waals surface area contributed by atoms with Gasteiger partial charge < -0.3 is 23.4 Å². The maximum atomic E-state index is 12.0. The monoisotopic (exact) mass is 384 g/mol. The smallest absolute Gasteiger partial charge is 0.336 e. The topological polar surface area (TPSA) is 84.2 Å². The zero-order valence-electron chi connectivity index (χ0n) is 15.6. The van der Waals surface area contributed by atoms with Crippen molar-refractivity contribution in [1.29, 1.82) is 0 Å². The van der Waals surface area contributed by atoms with Crippen LogP contribution in [0.5, 0.6) is 17.2 Å². The molecule has 0 radical (unpaired) electrons. The molecular formula is C21H20O7. The molecule has 3 rings (SSSR count). The number of carbonyl (C=O) groups is 1. The Balaban J connectivity index is 1.56. The quantitative estimate of drug-likeness (QED) is 0.435. The summed E-state index contributed by atoms with van der Waals surface area (Å²) in [6.07, 6.45) is 0.0826. The number of fused-ring (bicyclic) bond motifs is 1. The second kappa shape index (κ2) is 8.94. The average molecular weight is 384 g/mol. The summed E-state index contributed by atoms with van der Waals surface area (Å²) in [5, 5.41) is 0.683. The van der Waals surface area contributed by atoms with Gasteiger partial charge in [-0.05, 0) is 36.4 Å². The van der Waals surface area contributed by atoms with Crippen LogP contribution in [0.25, 0.3) is 11.0 Å². The zero-order valence-corrected chi connectivity index (χ0v) is 15.6. The molecule has 0 aliphatic heterocycles. The highest BCUT2D eigenvalue weighted by Gasteiger charge is 2.10.